The minimum atomic E-state index is -4.87. The van der Waals surface area contributed by atoms with Crippen molar-refractivity contribution >= 4 is 11.8 Å². The van der Waals surface area contributed by atoms with Crippen molar-refractivity contribution in [3.63, 3.8) is 0 Å². The summed E-state index contributed by atoms with van der Waals surface area (Å²) in [5.74, 6) is -5.22. The number of hydrogen-bond acceptors (Lipinski definition) is 3. The third-order valence-electron chi connectivity index (χ3n) is 3.15. The number of hydrogen-bond donors (Lipinski definition) is 1. The topological polar surface area (TPSA) is 29.5 Å². The molecule has 0 saturated carbocycles. The summed E-state index contributed by atoms with van der Waals surface area (Å²) >= 11 is 1.36. The van der Waals surface area contributed by atoms with Crippen molar-refractivity contribution < 1.29 is 27.4 Å². The molecule has 2 aromatic carbocycles. The lowest BCUT2D eigenvalue weighted by Gasteiger charge is -2.30. The van der Waals surface area contributed by atoms with Crippen LogP contribution in [0.1, 0.15) is 11.7 Å². The highest BCUT2D eigenvalue weighted by atomic mass is 32.2. The minimum Gasteiger partial charge on any atom is -0.428 e. The van der Waals surface area contributed by atoms with Crippen LogP contribution in [-0.4, -0.2) is 23.4 Å². The second kappa shape index (κ2) is 6.80. The normalized spacial score (nSPS) is 13.7. The van der Waals surface area contributed by atoms with E-state index in [0.29, 0.717) is 0 Å². The Balaban J connectivity index is 2.23. The zero-order valence-electron chi connectivity index (χ0n) is 12.0. The summed E-state index contributed by atoms with van der Waals surface area (Å²) < 4.78 is 59.8. The van der Waals surface area contributed by atoms with E-state index >= 15 is 0 Å². The average Bonchev–Trinajstić information content (AvgIpc) is 2.54. The Morgan fingerprint density at radius 1 is 0.957 bits per heavy atom. The van der Waals surface area contributed by atoms with Gasteiger partial charge in [0.2, 0.25) is 0 Å². The van der Waals surface area contributed by atoms with Crippen molar-refractivity contribution in [1.29, 1.82) is 0 Å². The van der Waals surface area contributed by atoms with Crippen LogP contribution in [0, 0.1) is 0 Å². The molecular formula is C16H14F4O2S. The van der Waals surface area contributed by atoms with Crippen LogP contribution < -0.4 is 4.74 Å². The molecular weight excluding hydrogens is 332 g/mol. The minimum absolute atomic E-state index is 0.316. The number of ether oxygens (including phenoxy) is 1. The summed E-state index contributed by atoms with van der Waals surface area (Å²) in [6.45, 7) is 0. The van der Waals surface area contributed by atoms with Crippen LogP contribution >= 0.6 is 11.8 Å². The van der Waals surface area contributed by atoms with E-state index in [1.807, 2.05) is 0 Å². The van der Waals surface area contributed by atoms with E-state index in [1.54, 1.807) is 6.26 Å². The van der Waals surface area contributed by atoms with Crippen LogP contribution in [0.25, 0.3) is 0 Å². The fourth-order valence-electron chi connectivity index (χ4n) is 1.86. The summed E-state index contributed by atoms with van der Waals surface area (Å²) in [5, 5.41) is 9.71. The van der Waals surface area contributed by atoms with Crippen molar-refractivity contribution in [3.8, 4) is 5.75 Å². The van der Waals surface area contributed by atoms with E-state index < -0.39 is 23.9 Å². The quantitative estimate of drug-likeness (QED) is 0.605. The number of aliphatic hydroxyl groups is 1. The van der Waals surface area contributed by atoms with Gasteiger partial charge in [0.25, 0.3) is 0 Å². The fraction of sp³-hybridized carbons (Fsp3) is 0.250. The number of halogens is 4. The van der Waals surface area contributed by atoms with Gasteiger partial charge in [0.1, 0.15) is 5.75 Å². The molecule has 0 saturated heterocycles. The van der Waals surface area contributed by atoms with Crippen molar-refractivity contribution in [1.82, 2.24) is 0 Å². The molecule has 124 valence electrons. The highest BCUT2D eigenvalue weighted by Gasteiger charge is 2.64. The summed E-state index contributed by atoms with van der Waals surface area (Å²) in [7, 11) is 0. The van der Waals surface area contributed by atoms with Gasteiger partial charge in [-0.1, -0.05) is 30.3 Å². The van der Waals surface area contributed by atoms with Crippen molar-refractivity contribution in [3.05, 3.63) is 60.2 Å². The molecule has 1 atom stereocenters. The van der Waals surface area contributed by atoms with E-state index in [1.165, 1.54) is 54.2 Å². The Morgan fingerprint density at radius 2 is 1.52 bits per heavy atom. The number of alkyl halides is 4. The van der Waals surface area contributed by atoms with Gasteiger partial charge in [0.05, 0.1) is 0 Å². The molecule has 2 nitrogen and oxygen atoms in total. The lowest BCUT2D eigenvalue weighted by atomic mass is 10.0. The van der Waals surface area contributed by atoms with Crippen molar-refractivity contribution in [2.24, 2.45) is 0 Å². The smallest absolute Gasteiger partial charge is 0.428 e. The van der Waals surface area contributed by atoms with Crippen LogP contribution in [0.5, 0.6) is 5.75 Å². The maximum absolute atomic E-state index is 14.0. The molecule has 1 unspecified atom stereocenters. The molecule has 1 N–H and O–H groups in total. The number of thioether (sulfide) groups is 1. The van der Waals surface area contributed by atoms with Gasteiger partial charge in [0, 0.05) is 4.90 Å². The Bertz CT molecular complexity index is 632. The van der Waals surface area contributed by atoms with Crippen LogP contribution in [0.2, 0.25) is 0 Å². The van der Waals surface area contributed by atoms with Crippen molar-refractivity contribution in [2.75, 3.05) is 6.26 Å². The SMILES string of the molecule is CSc1ccc(C(O)C(F)(F)C(F)(F)Oc2ccccc2)cc1. The molecule has 0 spiro atoms. The molecule has 0 radical (unpaired) electrons. The molecule has 0 aromatic heterocycles. The van der Waals surface area contributed by atoms with E-state index in [-0.39, 0.29) is 5.56 Å². The van der Waals surface area contributed by atoms with E-state index in [0.717, 1.165) is 17.0 Å². The molecule has 2 rings (SSSR count). The standard InChI is InChI=1S/C16H14F4O2S/c1-23-13-9-7-11(8-10-13)14(21)15(17,18)16(19,20)22-12-5-3-2-4-6-12/h2-10,14,21H,1H3. The maximum atomic E-state index is 14.0. The van der Waals surface area contributed by atoms with E-state index in [4.69, 9.17) is 0 Å². The Labute approximate surface area is 135 Å². The summed E-state index contributed by atoms with van der Waals surface area (Å²) in [6.07, 6.45) is -5.79. The molecule has 0 bridgehead atoms. The van der Waals surface area contributed by atoms with Gasteiger partial charge in [-0.25, -0.2) is 0 Å². The molecule has 7 heteroatoms. The first-order valence-corrected chi connectivity index (χ1v) is 7.82. The van der Waals surface area contributed by atoms with Gasteiger partial charge < -0.3 is 9.84 Å². The zero-order chi connectivity index (χ0) is 17.1. The average molecular weight is 346 g/mol. The highest BCUT2D eigenvalue weighted by molar-refractivity contribution is 7.98. The van der Waals surface area contributed by atoms with Gasteiger partial charge in [-0.15, -0.1) is 11.8 Å². The zero-order valence-corrected chi connectivity index (χ0v) is 12.9. The van der Waals surface area contributed by atoms with Crippen LogP contribution in [0.4, 0.5) is 17.6 Å². The summed E-state index contributed by atoms with van der Waals surface area (Å²) in [5.41, 5.74) is -0.316. The predicted octanol–water partition coefficient (Wildman–Crippen LogP) is 4.75. The molecule has 0 amide bonds. The summed E-state index contributed by atoms with van der Waals surface area (Å²) in [4.78, 5) is 0.761. The second-order valence-electron chi connectivity index (χ2n) is 4.73. The van der Waals surface area contributed by atoms with Crippen molar-refractivity contribution in [2.45, 2.75) is 23.0 Å². The number of rotatable bonds is 6. The molecule has 0 aliphatic rings. The molecule has 0 aliphatic carbocycles. The second-order valence-corrected chi connectivity index (χ2v) is 5.61. The Kier molecular flexibility index (Phi) is 5.21. The predicted molar refractivity (Wildman–Crippen MR) is 80.1 cm³/mol. The number of para-hydroxylation sites is 1. The van der Waals surface area contributed by atoms with Crippen LogP contribution in [0.3, 0.4) is 0 Å². The first-order valence-electron chi connectivity index (χ1n) is 6.59. The molecule has 0 heterocycles. The van der Waals surface area contributed by atoms with Gasteiger partial charge >= 0.3 is 12.0 Å². The lowest BCUT2D eigenvalue weighted by Crippen LogP contribution is -2.49. The monoisotopic (exact) mass is 346 g/mol. The van der Waals surface area contributed by atoms with Crippen LogP contribution in [0.15, 0.2) is 59.5 Å². The third-order valence-corrected chi connectivity index (χ3v) is 3.90. The van der Waals surface area contributed by atoms with E-state index in [2.05, 4.69) is 4.74 Å². The molecule has 2 aromatic rings. The van der Waals surface area contributed by atoms with Gasteiger partial charge in [-0.3, -0.25) is 0 Å². The van der Waals surface area contributed by atoms with Gasteiger partial charge in [-0.05, 0) is 36.1 Å². The fourth-order valence-corrected chi connectivity index (χ4v) is 2.27. The molecule has 0 fully saturated rings. The molecule has 23 heavy (non-hydrogen) atoms. The first kappa shape index (κ1) is 17.6. The van der Waals surface area contributed by atoms with Gasteiger partial charge in [0.15, 0.2) is 6.10 Å². The Hall–Kier alpha value is -1.73. The highest BCUT2D eigenvalue weighted by Crippen LogP contribution is 2.44. The Morgan fingerprint density at radius 3 is 2.04 bits per heavy atom. The maximum Gasteiger partial charge on any atom is 0.467 e. The van der Waals surface area contributed by atoms with Gasteiger partial charge in [-0.2, -0.15) is 17.6 Å². The first-order chi connectivity index (χ1) is 10.8. The lowest BCUT2D eigenvalue weighted by molar-refractivity contribution is -0.337. The number of aliphatic hydroxyl groups excluding tert-OH is 1. The largest absolute Gasteiger partial charge is 0.467 e. The van der Waals surface area contributed by atoms with E-state index in [9.17, 15) is 22.7 Å². The third kappa shape index (κ3) is 3.79. The summed E-state index contributed by atoms with van der Waals surface area (Å²) in [6, 6.07) is 11.8. The number of benzene rings is 2. The van der Waals surface area contributed by atoms with Crippen LogP contribution in [-0.2, 0) is 0 Å². The molecule has 0 aliphatic heterocycles.